The first-order chi connectivity index (χ1) is 14.0. The molecule has 2 aromatic rings. The highest BCUT2D eigenvalue weighted by atomic mass is 127. The van der Waals surface area contributed by atoms with Crippen molar-refractivity contribution >= 4 is 47.0 Å². The predicted molar refractivity (Wildman–Crippen MR) is 135 cm³/mol. The van der Waals surface area contributed by atoms with Crippen LogP contribution in [0, 0.1) is 13.8 Å². The normalized spacial score (nSPS) is 16.2. The van der Waals surface area contributed by atoms with Crippen molar-refractivity contribution in [2.45, 2.75) is 32.7 Å². The zero-order valence-electron chi connectivity index (χ0n) is 18.3. The number of aliphatic imine (C=N–C) groups is 1. The van der Waals surface area contributed by atoms with Crippen LogP contribution in [-0.4, -0.2) is 57.9 Å². The maximum atomic E-state index is 5.40. The van der Waals surface area contributed by atoms with Gasteiger partial charge < -0.3 is 25.0 Å². The van der Waals surface area contributed by atoms with Gasteiger partial charge in [0.1, 0.15) is 11.5 Å². The van der Waals surface area contributed by atoms with Gasteiger partial charge in [-0.25, -0.2) is 4.98 Å². The Hall–Kier alpha value is -1.75. The van der Waals surface area contributed by atoms with Gasteiger partial charge in [-0.3, -0.25) is 4.99 Å². The number of anilines is 1. The van der Waals surface area contributed by atoms with Crippen molar-refractivity contribution in [1.29, 1.82) is 0 Å². The van der Waals surface area contributed by atoms with Crippen molar-refractivity contribution in [2.24, 2.45) is 4.99 Å². The number of rotatable bonds is 7. The van der Waals surface area contributed by atoms with E-state index in [2.05, 4.69) is 51.5 Å². The number of methoxy groups -OCH3 is 2. The zero-order chi connectivity index (χ0) is 20.8. The van der Waals surface area contributed by atoms with Gasteiger partial charge in [-0.2, -0.15) is 0 Å². The Bertz CT molecular complexity index is 836. The van der Waals surface area contributed by atoms with Gasteiger partial charge in [0, 0.05) is 67.9 Å². The van der Waals surface area contributed by atoms with Crippen LogP contribution in [0.25, 0.3) is 0 Å². The third-order valence-corrected chi connectivity index (χ3v) is 6.23. The Kier molecular flexibility index (Phi) is 9.47. The number of ether oxygens (including phenoxy) is 2. The standard InChI is InChI=1S/C21H31N5O2S.HI/c1-14-20(29-15(2)24-14)6-8-23-21(22-3)25-16-7-9-26(13-16)17-10-18(27-4)12-19(11-17)28-5;/h10-12,16H,6-9,13H2,1-5H3,(H2,22,23,25);1H. The third kappa shape index (κ3) is 6.37. The Morgan fingerprint density at radius 3 is 2.50 bits per heavy atom. The van der Waals surface area contributed by atoms with Gasteiger partial charge in [-0.05, 0) is 20.3 Å². The van der Waals surface area contributed by atoms with E-state index in [0.717, 1.165) is 66.3 Å². The van der Waals surface area contributed by atoms with Crippen LogP contribution in [0.4, 0.5) is 5.69 Å². The van der Waals surface area contributed by atoms with E-state index in [9.17, 15) is 0 Å². The first-order valence-corrected chi connectivity index (χ1v) is 10.7. The van der Waals surface area contributed by atoms with Crippen LogP contribution in [0.15, 0.2) is 23.2 Å². The molecule has 2 N–H and O–H groups in total. The summed E-state index contributed by atoms with van der Waals surface area (Å²) in [5, 5.41) is 8.11. The van der Waals surface area contributed by atoms with Gasteiger partial charge in [0.25, 0.3) is 0 Å². The van der Waals surface area contributed by atoms with Crippen LogP contribution < -0.4 is 25.0 Å². The van der Waals surface area contributed by atoms with Crippen molar-refractivity contribution < 1.29 is 9.47 Å². The minimum atomic E-state index is 0. The SMILES string of the molecule is CN=C(NCCc1sc(C)nc1C)NC1CCN(c2cc(OC)cc(OC)c2)C1.I. The lowest BCUT2D eigenvalue weighted by Gasteiger charge is -2.21. The second kappa shape index (κ2) is 11.6. The van der Waals surface area contributed by atoms with Crippen LogP contribution in [0.3, 0.4) is 0 Å². The quantitative estimate of drug-likeness (QED) is 0.316. The summed E-state index contributed by atoms with van der Waals surface area (Å²) in [5.41, 5.74) is 2.25. The molecule has 1 aromatic heterocycles. The van der Waals surface area contributed by atoms with Gasteiger partial charge >= 0.3 is 0 Å². The minimum absolute atomic E-state index is 0. The summed E-state index contributed by atoms with van der Waals surface area (Å²) in [6, 6.07) is 6.34. The van der Waals surface area contributed by atoms with Gasteiger partial charge in [0.2, 0.25) is 0 Å². The van der Waals surface area contributed by atoms with Crippen LogP contribution in [0.2, 0.25) is 0 Å². The Balaban J connectivity index is 0.00000320. The Morgan fingerprint density at radius 1 is 1.23 bits per heavy atom. The molecule has 0 bridgehead atoms. The van der Waals surface area contributed by atoms with Crippen molar-refractivity contribution in [3.05, 3.63) is 33.8 Å². The lowest BCUT2D eigenvalue weighted by atomic mass is 10.2. The summed E-state index contributed by atoms with van der Waals surface area (Å²) in [6.45, 7) is 6.85. The average molecular weight is 545 g/mol. The molecule has 1 aromatic carbocycles. The fourth-order valence-corrected chi connectivity index (χ4v) is 4.51. The molecule has 0 radical (unpaired) electrons. The molecule has 1 unspecified atom stereocenters. The molecule has 1 atom stereocenters. The predicted octanol–water partition coefficient (Wildman–Crippen LogP) is 3.38. The van der Waals surface area contributed by atoms with Crippen LogP contribution in [0.5, 0.6) is 11.5 Å². The Labute approximate surface area is 200 Å². The monoisotopic (exact) mass is 545 g/mol. The second-order valence-corrected chi connectivity index (χ2v) is 8.43. The molecule has 30 heavy (non-hydrogen) atoms. The smallest absolute Gasteiger partial charge is 0.191 e. The maximum absolute atomic E-state index is 5.40. The molecular weight excluding hydrogens is 513 g/mol. The summed E-state index contributed by atoms with van der Waals surface area (Å²) >= 11 is 1.77. The van der Waals surface area contributed by atoms with Gasteiger partial charge in [-0.15, -0.1) is 35.3 Å². The fraction of sp³-hybridized carbons (Fsp3) is 0.524. The van der Waals surface area contributed by atoms with Crippen LogP contribution in [-0.2, 0) is 6.42 Å². The summed E-state index contributed by atoms with van der Waals surface area (Å²) in [7, 11) is 5.17. The molecule has 1 aliphatic heterocycles. The van der Waals surface area contributed by atoms with E-state index in [1.165, 1.54) is 4.88 Å². The second-order valence-electron chi connectivity index (χ2n) is 7.14. The van der Waals surface area contributed by atoms with E-state index >= 15 is 0 Å². The van der Waals surface area contributed by atoms with Gasteiger partial charge in [0.05, 0.1) is 24.9 Å². The molecule has 1 aliphatic rings. The molecule has 0 amide bonds. The molecule has 0 aliphatic carbocycles. The average Bonchev–Trinajstić information content (AvgIpc) is 3.32. The highest BCUT2D eigenvalue weighted by molar-refractivity contribution is 14.0. The third-order valence-electron chi connectivity index (χ3n) is 5.10. The maximum Gasteiger partial charge on any atom is 0.191 e. The van der Waals surface area contributed by atoms with Gasteiger partial charge in [-0.1, -0.05) is 0 Å². The number of nitrogens with zero attached hydrogens (tertiary/aromatic N) is 3. The van der Waals surface area contributed by atoms with E-state index in [1.807, 2.05) is 13.1 Å². The van der Waals surface area contributed by atoms with Crippen molar-refractivity contribution in [3.63, 3.8) is 0 Å². The topological polar surface area (TPSA) is 71.0 Å². The van der Waals surface area contributed by atoms with Crippen LogP contribution in [0.1, 0.15) is 22.0 Å². The van der Waals surface area contributed by atoms with Gasteiger partial charge in [0.15, 0.2) is 5.96 Å². The molecule has 166 valence electrons. The molecule has 1 fully saturated rings. The molecule has 1 saturated heterocycles. The van der Waals surface area contributed by atoms with Crippen molar-refractivity contribution in [3.8, 4) is 11.5 Å². The number of nitrogens with one attached hydrogen (secondary N) is 2. The molecule has 2 heterocycles. The summed E-state index contributed by atoms with van der Waals surface area (Å²) in [4.78, 5) is 12.6. The lowest BCUT2D eigenvalue weighted by Crippen LogP contribution is -2.45. The minimum Gasteiger partial charge on any atom is -0.497 e. The van der Waals surface area contributed by atoms with Crippen molar-refractivity contribution in [2.75, 3.05) is 45.8 Å². The molecule has 0 saturated carbocycles. The molecular formula is C21H32IN5O2S. The van der Waals surface area contributed by atoms with E-state index in [1.54, 1.807) is 25.6 Å². The number of halogens is 1. The highest BCUT2D eigenvalue weighted by Gasteiger charge is 2.24. The van der Waals surface area contributed by atoms with E-state index in [0.29, 0.717) is 6.04 Å². The summed E-state index contributed by atoms with van der Waals surface area (Å²) in [6.07, 6.45) is 2.01. The number of thiazole rings is 1. The van der Waals surface area contributed by atoms with Crippen molar-refractivity contribution in [1.82, 2.24) is 15.6 Å². The zero-order valence-corrected chi connectivity index (χ0v) is 21.5. The number of hydrogen-bond donors (Lipinski definition) is 2. The lowest BCUT2D eigenvalue weighted by molar-refractivity contribution is 0.394. The number of aryl methyl sites for hydroxylation is 2. The number of aromatic nitrogens is 1. The molecule has 0 spiro atoms. The Morgan fingerprint density at radius 2 is 1.93 bits per heavy atom. The van der Waals surface area contributed by atoms with Crippen LogP contribution >= 0.6 is 35.3 Å². The molecule has 7 nitrogen and oxygen atoms in total. The summed E-state index contributed by atoms with van der Waals surface area (Å²) < 4.78 is 10.8. The van der Waals surface area contributed by atoms with E-state index in [4.69, 9.17) is 9.47 Å². The number of hydrogen-bond acceptors (Lipinski definition) is 6. The van der Waals surface area contributed by atoms with E-state index < -0.39 is 0 Å². The number of guanidine groups is 1. The molecule has 9 heteroatoms. The molecule has 3 rings (SSSR count). The highest BCUT2D eigenvalue weighted by Crippen LogP contribution is 2.30. The first-order valence-electron chi connectivity index (χ1n) is 9.90. The van der Waals surface area contributed by atoms with E-state index in [-0.39, 0.29) is 24.0 Å². The fourth-order valence-electron chi connectivity index (χ4n) is 3.58. The largest absolute Gasteiger partial charge is 0.497 e. The summed E-state index contributed by atoms with van der Waals surface area (Å²) in [5.74, 6) is 2.46. The number of benzene rings is 1. The first kappa shape index (κ1) is 24.5.